The minimum atomic E-state index is -0.227. The molecule has 0 aliphatic rings. The molecule has 1 atom stereocenters. The molecular weight excluding hydrogens is 320 g/mol. The van der Waals surface area contributed by atoms with Gasteiger partial charge in [-0.3, -0.25) is 4.79 Å². The maximum Gasteiger partial charge on any atom is 0.233 e. The summed E-state index contributed by atoms with van der Waals surface area (Å²) in [4.78, 5) is 11.9. The van der Waals surface area contributed by atoms with Gasteiger partial charge in [-0.15, -0.1) is 10.2 Å². The molecule has 0 fully saturated rings. The zero-order valence-electron chi connectivity index (χ0n) is 12.4. The first-order valence-corrected chi connectivity index (χ1v) is 8.47. The third kappa shape index (κ3) is 5.28. The molecule has 0 unspecified atom stereocenters. The molecule has 1 aromatic carbocycles. The number of ether oxygens (including phenoxy) is 1. The van der Waals surface area contributed by atoms with Gasteiger partial charge in [0.1, 0.15) is 0 Å². The SMILES string of the molecule is COCCNC(=O)[C@H](C)Sc1nnc(Nc2ccccc2)s1. The van der Waals surface area contributed by atoms with Gasteiger partial charge in [-0.25, -0.2) is 0 Å². The Labute approximate surface area is 137 Å². The molecule has 2 N–H and O–H groups in total. The summed E-state index contributed by atoms with van der Waals surface area (Å²) < 4.78 is 5.66. The fourth-order valence-corrected chi connectivity index (χ4v) is 3.52. The van der Waals surface area contributed by atoms with Crippen LogP contribution < -0.4 is 10.6 Å². The van der Waals surface area contributed by atoms with Crippen molar-refractivity contribution in [2.45, 2.75) is 16.5 Å². The van der Waals surface area contributed by atoms with E-state index in [1.807, 2.05) is 37.3 Å². The normalized spacial score (nSPS) is 11.9. The van der Waals surface area contributed by atoms with Gasteiger partial charge >= 0.3 is 0 Å². The first-order chi connectivity index (χ1) is 10.7. The third-order valence-electron chi connectivity index (χ3n) is 2.68. The second-order valence-electron chi connectivity index (χ2n) is 4.41. The quantitative estimate of drug-likeness (QED) is 0.569. The monoisotopic (exact) mass is 338 g/mol. The van der Waals surface area contributed by atoms with Crippen LogP contribution in [0.1, 0.15) is 6.92 Å². The molecule has 22 heavy (non-hydrogen) atoms. The highest BCUT2D eigenvalue weighted by molar-refractivity contribution is 8.02. The number of anilines is 2. The van der Waals surface area contributed by atoms with E-state index in [0.29, 0.717) is 18.3 Å². The summed E-state index contributed by atoms with van der Waals surface area (Å²) in [5.41, 5.74) is 0.959. The van der Waals surface area contributed by atoms with Crippen LogP contribution in [0.4, 0.5) is 10.8 Å². The molecule has 8 heteroatoms. The molecule has 2 aromatic rings. The Morgan fingerprint density at radius 2 is 2.14 bits per heavy atom. The zero-order valence-corrected chi connectivity index (χ0v) is 14.0. The van der Waals surface area contributed by atoms with Crippen molar-refractivity contribution in [2.75, 3.05) is 25.6 Å². The van der Waals surface area contributed by atoms with Crippen molar-refractivity contribution in [3.63, 3.8) is 0 Å². The number of nitrogens with one attached hydrogen (secondary N) is 2. The van der Waals surface area contributed by atoms with Crippen molar-refractivity contribution in [2.24, 2.45) is 0 Å². The summed E-state index contributed by atoms with van der Waals surface area (Å²) in [5, 5.41) is 14.7. The molecule has 0 bridgehead atoms. The van der Waals surface area contributed by atoms with Gasteiger partial charge in [0.2, 0.25) is 11.0 Å². The highest BCUT2D eigenvalue weighted by atomic mass is 32.2. The molecule has 0 aliphatic heterocycles. The molecule has 0 saturated heterocycles. The summed E-state index contributed by atoms with van der Waals surface area (Å²) in [6.45, 7) is 2.86. The predicted octanol–water partition coefficient (Wildman–Crippen LogP) is 2.52. The fourth-order valence-electron chi connectivity index (χ4n) is 1.58. The third-order valence-corrected chi connectivity index (χ3v) is 4.71. The number of aromatic nitrogens is 2. The van der Waals surface area contributed by atoms with Gasteiger partial charge in [-0.05, 0) is 19.1 Å². The number of hydrogen-bond acceptors (Lipinski definition) is 7. The van der Waals surface area contributed by atoms with E-state index in [1.165, 1.54) is 23.1 Å². The van der Waals surface area contributed by atoms with Gasteiger partial charge in [-0.1, -0.05) is 41.3 Å². The van der Waals surface area contributed by atoms with Gasteiger partial charge in [0, 0.05) is 19.3 Å². The standard InChI is InChI=1S/C14H18N4O2S2/c1-10(12(19)15-8-9-20-2)21-14-18-17-13(22-14)16-11-6-4-3-5-7-11/h3-7,10H,8-9H2,1-2H3,(H,15,19)(H,16,17)/t10-/m0/s1. The van der Waals surface area contributed by atoms with Crippen LogP contribution in [0, 0.1) is 0 Å². The van der Waals surface area contributed by atoms with Gasteiger partial charge in [-0.2, -0.15) is 0 Å². The average Bonchev–Trinajstić information content (AvgIpc) is 2.95. The minimum absolute atomic E-state index is 0.0326. The lowest BCUT2D eigenvalue weighted by molar-refractivity contribution is -0.120. The van der Waals surface area contributed by atoms with Crippen LogP contribution in [0.15, 0.2) is 34.7 Å². The lowest BCUT2D eigenvalue weighted by Gasteiger charge is -2.09. The van der Waals surface area contributed by atoms with Gasteiger partial charge in [0.15, 0.2) is 4.34 Å². The number of hydrogen-bond donors (Lipinski definition) is 2. The Kier molecular flexibility index (Phi) is 6.63. The summed E-state index contributed by atoms with van der Waals surface area (Å²) in [6.07, 6.45) is 0. The zero-order chi connectivity index (χ0) is 15.8. The van der Waals surface area contributed by atoms with Crippen LogP contribution in [-0.4, -0.2) is 41.6 Å². The molecule has 1 amide bonds. The van der Waals surface area contributed by atoms with Crippen molar-refractivity contribution >= 4 is 39.8 Å². The van der Waals surface area contributed by atoms with E-state index in [1.54, 1.807) is 7.11 Å². The van der Waals surface area contributed by atoms with Gasteiger partial charge in [0.25, 0.3) is 0 Å². The van der Waals surface area contributed by atoms with Crippen molar-refractivity contribution in [1.82, 2.24) is 15.5 Å². The topological polar surface area (TPSA) is 76.1 Å². The van der Waals surface area contributed by atoms with Crippen LogP contribution in [0.2, 0.25) is 0 Å². The molecule has 1 heterocycles. The summed E-state index contributed by atoms with van der Waals surface area (Å²) in [5.74, 6) is -0.0326. The van der Waals surface area contributed by atoms with E-state index in [2.05, 4.69) is 20.8 Å². The molecule has 0 spiro atoms. The number of amides is 1. The average molecular weight is 338 g/mol. The Morgan fingerprint density at radius 3 is 2.86 bits per heavy atom. The number of nitrogens with zero attached hydrogens (tertiary/aromatic N) is 2. The van der Waals surface area contributed by atoms with Crippen molar-refractivity contribution < 1.29 is 9.53 Å². The fraction of sp³-hybridized carbons (Fsp3) is 0.357. The Morgan fingerprint density at radius 1 is 1.36 bits per heavy atom. The van der Waals surface area contributed by atoms with E-state index < -0.39 is 0 Å². The van der Waals surface area contributed by atoms with Crippen molar-refractivity contribution in [3.8, 4) is 0 Å². The van der Waals surface area contributed by atoms with E-state index in [-0.39, 0.29) is 11.2 Å². The van der Waals surface area contributed by atoms with E-state index >= 15 is 0 Å². The second-order valence-corrected chi connectivity index (χ2v) is 6.97. The summed E-state index contributed by atoms with van der Waals surface area (Å²) in [6, 6.07) is 9.77. The van der Waals surface area contributed by atoms with Crippen LogP contribution in [0.5, 0.6) is 0 Å². The summed E-state index contributed by atoms with van der Waals surface area (Å²) in [7, 11) is 1.60. The second kappa shape index (κ2) is 8.72. The molecule has 1 aromatic heterocycles. The molecule has 0 saturated carbocycles. The smallest absolute Gasteiger partial charge is 0.233 e. The van der Waals surface area contributed by atoms with Crippen molar-refractivity contribution in [1.29, 1.82) is 0 Å². The number of methoxy groups -OCH3 is 1. The summed E-state index contributed by atoms with van der Waals surface area (Å²) >= 11 is 2.82. The number of para-hydroxylation sites is 1. The molecule has 0 radical (unpaired) electrons. The first-order valence-electron chi connectivity index (χ1n) is 6.78. The molecule has 2 rings (SSSR count). The number of thioether (sulfide) groups is 1. The number of carbonyl (C=O) groups excluding carboxylic acids is 1. The molecule has 6 nitrogen and oxygen atoms in total. The molecule has 118 valence electrons. The number of carbonyl (C=O) groups is 1. The maximum absolute atomic E-state index is 11.9. The Bertz CT molecular complexity index is 592. The van der Waals surface area contributed by atoms with Crippen LogP contribution >= 0.6 is 23.1 Å². The van der Waals surface area contributed by atoms with E-state index in [4.69, 9.17) is 4.74 Å². The minimum Gasteiger partial charge on any atom is -0.383 e. The predicted molar refractivity (Wildman–Crippen MR) is 89.8 cm³/mol. The van der Waals surface area contributed by atoms with E-state index in [0.717, 1.165) is 10.0 Å². The number of rotatable bonds is 8. The number of benzene rings is 1. The van der Waals surface area contributed by atoms with Crippen LogP contribution in [0.3, 0.4) is 0 Å². The molecule has 0 aliphatic carbocycles. The van der Waals surface area contributed by atoms with Crippen molar-refractivity contribution in [3.05, 3.63) is 30.3 Å². The van der Waals surface area contributed by atoms with Crippen LogP contribution in [0.25, 0.3) is 0 Å². The lowest BCUT2D eigenvalue weighted by Crippen LogP contribution is -2.33. The van der Waals surface area contributed by atoms with Crippen LogP contribution in [-0.2, 0) is 9.53 Å². The van der Waals surface area contributed by atoms with Gasteiger partial charge < -0.3 is 15.4 Å². The Balaban J connectivity index is 1.85. The lowest BCUT2D eigenvalue weighted by atomic mass is 10.3. The van der Waals surface area contributed by atoms with E-state index in [9.17, 15) is 4.79 Å². The highest BCUT2D eigenvalue weighted by Crippen LogP contribution is 2.30. The largest absolute Gasteiger partial charge is 0.383 e. The first kappa shape index (κ1) is 16.7. The Hall–Kier alpha value is -1.64. The molecular formula is C14H18N4O2S2. The van der Waals surface area contributed by atoms with Gasteiger partial charge in [0.05, 0.1) is 11.9 Å². The highest BCUT2D eigenvalue weighted by Gasteiger charge is 2.16. The maximum atomic E-state index is 11.9.